The molecule has 0 bridgehead atoms. The minimum absolute atomic E-state index is 0.0901. The average molecular weight is 250 g/mol. The highest BCUT2D eigenvalue weighted by Gasteiger charge is 2.13. The van der Waals surface area contributed by atoms with Gasteiger partial charge in [0, 0.05) is 6.04 Å². The molecule has 1 aromatic rings. The van der Waals surface area contributed by atoms with Crippen molar-refractivity contribution >= 4 is 12.0 Å². The number of carbonyl (C=O) groups excluding carboxylic acids is 1. The van der Waals surface area contributed by atoms with Crippen molar-refractivity contribution in [2.24, 2.45) is 0 Å². The summed E-state index contributed by atoms with van der Waals surface area (Å²) in [6.45, 7) is 3.53. The Bertz CT molecular complexity index is 406. The van der Waals surface area contributed by atoms with Crippen molar-refractivity contribution in [2.45, 2.75) is 32.4 Å². The molecule has 2 unspecified atom stereocenters. The predicted octanol–water partition coefficient (Wildman–Crippen LogP) is 1.91. The Morgan fingerprint density at radius 3 is 2.33 bits per heavy atom. The first-order chi connectivity index (χ1) is 8.49. The molecule has 5 heteroatoms. The quantitative estimate of drug-likeness (QED) is 0.747. The van der Waals surface area contributed by atoms with Gasteiger partial charge in [-0.2, -0.15) is 0 Å². The minimum atomic E-state index is -0.932. The van der Waals surface area contributed by atoms with Gasteiger partial charge in [-0.3, -0.25) is 4.79 Å². The highest BCUT2D eigenvalue weighted by molar-refractivity contribution is 5.76. The Balaban J connectivity index is 2.43. The van der Waals surface area contributed by atoms with Crippen LogP contribution >= 0.6 is 0 Å². The van der Waals surface area contributed by atoms with E-state index in [1.165, 1.54) is 0 Å². The molecule has 0 aliphatic carbocycles. The standard InChI is InChI=1S/C13H18N2O3/c1-9(8-12(16)17)14-13(18)15-10(2)11-6-4-3-5-7-11/h3-7,9-10H,8H2,1-2H3,(H,16,17)(H2,14,15,18). The lowest BCUT2D eigenvalue weighted by atomic mass is 10.1. The van der Waals surface area contributed by atoms with Gasteiger partial charge in [0.2, 0.25) is 0 Å². The molecule has 98 valence electrons. The number of benzene rings is 1. The van der Waals surface area contributed by atoms with Gasteiger partial charge in [0.05, 0.1) is 12.5 Å². The van der Waals surface area contributed by atoms with Crippen molar-refractivity contribution in [3.05, 3.63) is 35.9 Å². The van der Waals surface area contributed by atoms with Gasteiger partial charge in [-0.25, -0.2) is 4.79 Å². The van der Waals surface area contributed by atoms with E-state index in [1.807, 2.05) is 37.3 Å². The fourth-order valence-electron chi connectivity index (χ4n) is 1.60. The summed E-state index contributed by atoms with van der Waals surface area (Å²) in [6.07, 6.45) is -0.0901. The van der Waals surface area contributed by atoms with Crippen LogP contribution in [0.2, 0.25) is 0 Å². The van der Waals surface area contributed by atoms with Crippen LogP contribution in [0.5, 0.6) is 0 Å². The first-order valence-corrected chi connectivity index (χ1v) is 5.83. The molecule has 0 saturated carbocycles. The smallest absolute Gasteiger partial charge is 0.315 e. The molecule has 0 heterocycles. The van der Waals surface area contributed by atoms with Gasteiger partial charge < -0.3 is 15.7 Å². The van der Waals surface area contributed by atoms with Crippen molar-refractivity contribution in [2.75, 3.05) is 0 Å². The number of carboxylic acids is 1. The summed E-state index contributed by atoms with van der Waals surface area (Å²) in [5.74, 6) is -0.932. The molecule has 3 N–H and O–H groups in total. The topological polar surface area (TPSA) is 78.4 Å². The molecule has 0 fully saturated rings. The Kier molecular flexibility index (Phi) is 5.17. The maximum absolute atomic E-state index is 11.6. The molecule has 0 saturated heterocycles. The normalized spacial score (nSPS) is 13.4. The van der Waals surface area contributed by atoms with Crippen molar-refractivity contribution < 1.29 is 14.7 Å². The molecule has 2 atom stereocenters. The summed E-state index contributed by atoms with van der Waals surface area (Å²) in [7, 11) is 0. The molecule has 18 heavy (non-hydrogen) atoms. The zero-order valence-electron chi connectivity index (χ0n) is 10.5. The van der Waals surface area contributed by atoms with Gasteiger partial charge >= 0.3 is 12.0 Å². The molecule has 0 radical (unpaired) electrons. The Morgan fingerprint density at radius 2 is 1.78 bits per heavy atom. The first-order valence-electron chi connectivity index (χ1n) is 5.83. The van der Waals surface area contributed by atoms with E-state index in [0.717, 1.165) is 5.56 Å². The second kappa shape index (κ2) is 6.64. The van der Waals surface area contributed by atoms with Gasteiger partial charge in [0.1, 0.15) is 0 Å². The molecular weight excluding hydrogens is 232 g/mol. The van der Waals surface area contributed by atoms with E-state index >= 15 is 0 Å². The Hall–Kier alpha value is -2.04. The van der Waals surface area contributed by atoms with E-state index in [2.05, 4.69) is 10.6 Å². The third kappa shape index (κ3) is 4.86. The minimum Gasteiger partial charge on any atom is -0.481 e. The summed E-state index contributed by atoms with van der Waals surface area (Å²) >= 11 is 0. The van der Waals surface area contributed by atoms with E-state index in [4.69, 9.17) is 5.11 Å². The van der Waals surface area contributed by atoms with E-state index in [0.29, 0.717) is 0 Å². The molecule has 2 amide bonds. The SMILES string of the molecule is CC(CC(=O)O)NC(=O)NC(C)c1ccccc1. The van der Waals surface area contributed by atoms with Gasteiger partial charge in [0.15, 0.2) is 0 Å². The zero-order valence-corrected chi connectivity index (χ0v) is 10.5. The summed E-state index contributed by atoms with van der Waals surface area (Å²) in [6, 6.07) is 8.67. The Morgan fingerprint density at radius 1 is 1.17 bits per heavy atom. The van der Waals surface area contributed by atoms with Crippen molar-refractivity contribution in [3.63, 3.8) is 0 Å². The van der Waals surface area contributed by atoms with E-state index in [9.17, 15) is 9.59 Å². The fraction of sp³-hybridized carbons (Fsp3) is 0.385. The lowest BCUT2D eigenvalue weighted by Crippen LogP contribution is -2.42. The third-order valence-corrected chi connectivity index (χ3v) is 2.51. The van der Waals surface area contributed by atoms with Crippen LogP contribution in [0.4, 0.5) is 4.79 Å². The zero-order chi connectivity index (χ0) is 13.5. The second-order valence-corrected chi connectivity index (χ2v) is 4.25. The van der Waals surface area contributed by atoms with Crippen molar-refractivity contribution in [3.8, 4) is 0 Å². The molecule has 0 aliphatic rings. The van der Waals surface area contributed by atoms with Gasteiger partial charge in [-0.05, 0) is 19.4 Å². The largest absolute Gasteiger partial charge is 0.481 e. The first kappa shape index (κ1) is 14.0. The van der Waals surface area contributed by atoms with Gasteiger partial charge in [-0.1, -0.05) is 30.3 Å². The predicted molar refractivity (Wildman–Crippen MR) is 68.2 cm³/mol. The summed E-state index contributed by atoms with van der Waals surface area (Å²) in [5.41, 5.74) is 0.999. The van der Waals surface area contributed by atoms with Gasteiger partial charge in [0.25, 0.3) is 0 Å². The number of rotatable bonds is 5. The van der Waals surface area contributed by atoms with Crippen LogP contribution in [0.3, 0.4) is 0 Å². The number of hydrogen-bond acceptors (Lipinski definition) is 2. The van der Waals surface area contributed by atoms with E-state index in [1.54, 1.807) is 6.92 Å². The summed E-state index contributed by atoms with van der Waals surface area (Å²) in [5, 5.41) is 13.9. The van der Waals surface area contributed by atoms with Crippen LogP contribution in [-0.2, 0) is 4.79 Å². The molecular formula is C13H18N2O3. The molecule has 1 rings (SSSR count). The second-order valence-electron chi connectivity index (χ2n) is 4.25. The number of urea groups is 1. The molecule has 0 aliphatic heterocycles. The van der Waals surface area contributed by atoms with Crippen LogP contribution in [0.15, 0.2) is 30.3 Å². The summed E-state index contributed by atoms with van der Waals surface area (Å²) in [4.78, 5) is 22.1. The van der Waals surface area contributed by atoms with Crippen LogP contribution in [0.1, 0.15) is 31.9 Å². The maximum atomic E-state index is 11.6. The molecule has 0 aromatic heterocycles. The van der Waals surface area contributed by atoms with Crippen molar-refractivity contribution in [1.82, 2.24) is 10.6 Å². The number of aliphatic carboxylic acids is 1. The monoisotopic (exact) mass is 250 g/mol. The maximum Gasteiger partial charge on any atom is 0.315 e. The molecule has 0 spiro atoms. The number of amides is 2. The van der Waals surface area contributed by atoms with E-state index < -0.39 is 12.0 Å². The van der Waals surface area contributed by atoms with Crippen LogP contribution in [0, 0.1) is 0 Å². The number of nitrogens with one attached hydrogen (secondary N) is 2. The number of carbonyl (C=O) groups is 2. The molecule has 1 aromatic carbocycles. The van der Waals surface area contributed by atoms with Gasteiger partial charge in [-0.15, -0.1) is 0 Å². The molecule has 5 nitrogen and oxygen atoms in total. The lowest BCUT2D eigenvalue weighted by molar-refractivity contribution is -0.137. The number of hydrogen-bond donors (Lipinski definition) is 3. The fourth-order valence-corrected chi connectivity index (χ4v) is 1.60. The van der Waals surface area contributed by atoms with Crippen LogP contribution in [0.25, 0.3) is 0 Å². The van der Waals surface area contributed by atoms with E-state index in [-0.39, 0.29) is 18.5 Å². The lowest BCUT2D eigenvalue weighted by Gasteiger charge is -2.17. The van der Waals surface area contributed by atoms with Crippen molar-refractivity contribution in [1.29, 1.82) is 0 Å². The average Bonchev–Trinajstić information content (AvgIpc) is 2.28. The van der Waals surface area contributed by atoms with Crippen LogP contribution < -0.4 is 10.6 Å². The Labute approximate surface area is 106 Å². The highest BCUT2D eigenvalue weighted by atomic mass is 16.4. The third-order valence-electron chi connectivity index (χ3n) is 2.51. The number of carboxylic acid groups (broad SMARTS) is 1. The summed E-state index contributed by atoms with van der Waals surface area (Å²) < 4.78 is 0. The van der Waals surface area contributed by atoms with Crippen LogP contribution in [-0.4, -0.2) is 23.1 Å². The highest BCUT2D eigenvalue weighted by Crippen LogP contribution is 2.10.